The summed E-state index contributed by atoms with van der Waals surface area (Å²) in [5, 5.41) is 10.7. The molecule has 86 valence electrons. The maximum atomic E-state index is 13.1. The van der Waals surface area contributed by atoms with E-state index in [0.29, 0.717) is 5.56 Å². The van der Waals surface area contributed by atoms with E-state index in [9.17, 15) is 13.6 Å². The van der Waals surface area contributed by atoms with E-state index in [0.717, 1.165) is 12.1 Å². The van der Waals surface area contributed by atoms with E-state index < -0.39 is 24.6 Å². The molecule has 1 aromatic rings. The van der Waals surface area contributed by atoms with Gasteiger partial charge in [0.2, 0.25) is 0 Å². The third kappa shape index (κ3) is 3.05. The van der Waals surface area contributed by atoms with Crippen LogP contribution in [0.5, 0.6) is 0 Å². The first-order valence-electron chi connectivity index (χ1n) is 4.54. The van der Waals surface area contributed by atoms with Gasteiger partial charge in [0.25, 0.3) is 0 Å². The van der Waals surface area contributed by atoms with Crippen molar-refractivity contribution in [2.75, 3.05) is 0 Å². The molecule has 0 saturated heterocycles. The third-order valence-electron chi connectivity index (χ3n) is 2.01. The van der Waals surface area contributed by atoms with Gasteiger partial charge < -0.3 is 10.4 Å². The van der Waals surface area contributed by atoms with Crippen molar-refractivity contribution in [1.82, 2.24) is 5.32 Å². The fourth-order valence-electron chi connectivity index (χ4n) is 1.34. The van der Waals surface area contributed by atoms with Crippen LogP contribution in [0.3, 0.4) is 0 Å². The second kappa shape index (κ2) is 5.25. The van der Waals surface area contributed by atoms with Gasteiger partial charge in [-0.05, 0) is 23.3 Å². The highest BCUT2D eigenvalue weighted by Crippen LogP contribution is 2.18. The van der Waals surface area contributed by atoms with Crippen molar-refractivity contribution in [3.8, 4) is 0 Å². The van der Waals surface area contributed by atoms with Crippen molar-refractivity contribution < 1.29 is 18.7 Å². The Balaban J connectivity index is 3.04. The van der Waals surface area contributed by atoms with Crippen LogP contribution in [0.1, 0.15) is 17.2 Å². The molecule has 1 unspecified atom stereocenters. The molecule has 3 nitrogen and oxygen atoms in total. The van der Waals surface area contributed by atoms with Gasteiger partial charge in [-0.2, -0.15) is 0 Å². The van der Waals surface area contributed by atoms with Crippen molar-refractivity contribution >= 4 is 6.09 Å². The number of hydrogen-bond donors (Lipinski definition) is 2. The van der Waals surface area contributed by atoms with Crippen LogP contribution >= 0.6 is 0 Å². The standard InChI is InChI=1S/C11H11F2NO2/c1-2-10(14-11(15)16)8-3-7(6-12)4-9(13)5-8/h2-5,10,14H,1,6H2,(H,15,16). The Bertz CT molecular complexity index is 407. The molecule has 5 heteroatoms. The van der Waals surface area contributed by atoms with Gasteiger partial charge in [0.1, 0.15) is 12.5 Å². The number of nitrogens with one attached hydrogen (secondary N) is 1. The van der Waals surface area contributed by atoms with Crippen molar-refractivity contribution in [3.63, 3.8) is 0 Å². The molecule has 0 saturated carbocycles. The number of hydrogen-bond acceptors (Lipinski definition) is 1. The van der Waals surface area contributed by atoms with E-state index >= 15 is 0 Å². The molecule has 0 aliphatic rings. The van der Waals surface area contributed by atoms with Crippen LogP contribution in [0.4, 0.5) is 13.6 Å². The molecule has 1 aromatic carbocycles. The van der Waals surface area contributed by atoms with E-state index in [4.69, 9.17) is 5.11 Å². The Kier molecular flexibility index (Phi) is 3.99. The van der Waals surface area contributed by atoms with Crippen LogP contribution in [-0.2, 0) is 6.67 Å². The number of carbonyl (C=O) groups is 1. The minimum Gasteiger partial charge on any atom is -0.465 e. The molecule has 1 rings (SSSR count). The zero-order chi connectivity index (χ0) is 12.1. The summed E-state index contributed by atoms with van der Waals surface area (Å²) in [6.45, 7) is 2.63. The zero-order valence-electron chi connectivity index (χ0n) is 8.41. The first kappa shape index (κ1) is 12.2. The summed E-state index contributed by atoms with van der Waals surface area (Å²) < 4.78 is 25.5. The molecule has 2 N–H and O–H groups in total. The predicted octanol–water partition coefficient (Wildman–Crippen LogP) is 2.79. The second-order valence-electron chi connectivity index (χ2n) is 3.19. The van der Waals surface area contributed by atoms with Crippen molar-refractivity contribution in [1.29, 1.82) is 0 Å². The first-order chi connectivity index (χ1) is 7.56. The highest BCUT2D eigenvalue weighted by atomic mass is 19.1. The minimum atomic E-state index is -1.25. The number of carboxylic acid groups (broad SMARTS) is 1. The fourth-order valence-corrected chi connectivity index (χ4v) is 1.34. The van der Waals surface area contributed by atoms with E-state index in [2.05, 4.69) is 11.9 Å². The third-order valence-corrected chi connectivity index (χ3v) is 2.01. The smallest absolute Gasteiger partial charge is 0.405 e. The van der Waals surface area contributed by atoms with Gasteiger partial charge in [-0.3, -0.25) is 0 Å². The van der Waals surface area contributed by atoms with Crippen LogP contribution in [0, 0.1) is 5.82 Å². The molecule has 16 heavy (non-hydrogen) atoms. The number of amides is 1. The average molecular weight is 227 g/mol. The lowest BCUT2D eigenvalue weighted by Crippen LogP contribution is -2.25. The molecule has 0 radical (unpaired) electrons. The SMILES string of the molecule is C=CC(NC(=O)O)c1cc(F)cc(CF)c1. The first-order valence-corrected chi connectivity index (χ1v) is 4.54. The Morgan fingerprint density at radius 1 is 1.56 bits per heavy atom. The topological polar surface area (TPSA) is 49.3 Å². The van der Waals surface area contributed by atoms with Crippen LogP contribution in [0.25, 0.3) is 0 Å². The summed E-state index contributed by atoms with van der Waals surface area (Å²) in [6, 6.07) is 2.84. The van der Waals surface area contributed by atoms with Crippen LogP contribution in [0.15, 0.2) is 30.9 Å². The molecule has 0 aromatic heterocycles. The Morgan fingerprint density at radius 3 is 2.75 bits per heavy atom. The van der Waals surface area contributed by atoms with Gasteiger partial charge in [-0.15, -0.1) is 6.58 Å². The Morgan fingerprint density at radius 2 is 2.25 bits per heavy atom. The molecule has 1 amide bonds. The summed E-state index contributed by atoms with van der Waals surface area (Å²) in [5.41, 5.74) is 0.485. The van der Waals surface area contributed by atoms with Gasteiger partial charge in [0, 0.05) is 0 Å². The molecule has 0 spiro atoms. The molecule has 0 fully saturated rings. The molecule has 0 bridgehead atoms. The zero-order valence-corrected chi connectivity index (χ0v) is 8.41. The summed E-state index contributed by atoms with van der Waals surface area (Å²) >= 11 is 0. The van der Waals surface area contributed by atoms with Gasteiger partial charge >= 0.3 is 6.09 Å². The molecule has 1 atom stereocenters. The maximum Gasteiger partial charge on any atom is 0.405 e. The van der Waals surface area contributed by atoms with Crippen molar-refractivity contribution in [2.45, 2.75) is 12.7 Å². The Hall–Kier alpha value is -1.91. The van der Waals surface area contributed by atoms with Gasteiger partial charge in [-0.25, -0.2) is 13.6 Å². The van der Waals surface area contributed by atoms with Crippen molar-refractivity contribution in [2.24, 2.45) is 0 Å². The lowest BCUT2D eigenvalue weighted by Gasteiger charge is -2.13. The van der Waals surface area contributed by atoms with Crippen molar-refractivity contribution in [3.05, 3.63) is 47.8 Å². The monoisotopic (exact) mass is 227 g/mol. The number of halogens is 2. The lowest BCUT2D eigenvalue weighted by molar-refractivity contribution is 0.192. The molecular weight excluding hydrogens is 216 g/mol. The summed E-state index contributed by atoms with van der Waals surface area (Å²) in [7, 11) is 0. The largest absolute Gasteiger partial charge is 0.465 e. The van der Waals surface area contributed by atoms with E-state index in [1.807, 2.05) is 0 Å². The number of benzene rings is 1. The highest BCUT2D eigenvalue weighted by molar-refractivity contribution is 5.65. The molecule has 0 aliphatic carbocycles. The average Bonchev–Trinajstić information content (AvgIpc) is 2.24. The molecule has 0 heterocycles. The highest BCUT2D eigenvalue weighted by Gasteiger charge is 2.12. The predicted molar refractivity (Wildman–Crippen MR) is 55.3 cm³/mol. The van der Waals surface area contributed by atoms with Crippen LogP contribution in [-0.4, -0.2) is 11.2 Å². The normalized spacial score (nSPS) is 11.9. The minimum absolute atomic E-state index is 0.161. The lowest BCUT2D eigenvalue weighted by atomic mass is 10.0. The molecule has 0 aliphatic heterocycles. The van der Waals surface area contributed by atoms with E-state index in [1.165, 1.54) is 12.1 Å². The van der Waals surface area contributed by atoms with E-state index in [-0.39, 0.29) is 5.56 Å². The fraction of sp³-hybridized carbons (Fsp3) is 0.182. The summed E-state index contributed by atoms with van der Waals surface area (Å²) in [6.07, 6.45) is 0.0567. The number of rotatable bonds is 4. The summed E-state index contributed by atoms with van der Waals surface area (Å²) in [4.78, 5) is 10.5. The number of alkyl halides is 1. The van der Waals surface area contributed by atoms with Crippen LogP contribution in [0.2, 0.25) is 0 Å². The molecular formula is C11H11F2NO2. The summed E-state index contributed by atoms with van der Waals surface area (Å²) in [5.74, 6) is -0.607. The maximum absolute atomic E-state index is 13.1. The van der Waals surface area contributed by atoms with E-state index in [1.54, 1.807) is 0 Å². The van der Waals surface area contributed by atoms with Gasteiger partial charge in [-0.1, -0.05) is 12.1 Å². The second-order valence-corrected chi connectivity index (χ2v) is 3.19. The quantitative estimate of drug-likeness (QED) is 0.777. The Labute approximate surface area is 91.4 Å². The van der Waals surface area contributed by atoms with Gasteiger partial charge in [0.05, 0.1) is 6.04 Å². The van der Waals surface area contributed by atoms with Gasteiger partial charge in [0.15, 0.2) is 0 Å². The van der Waals surface area contributed by atoms with Crippen LogP contribution < -0.4 is 5.32 Å².